The van der Waals surface area contributed by atoms with E-state index in [2.05, 4.69) is 35.4 Å². The van der Waals surface area contributed by atoms with Crippen molar-refractivity contribution in [2.45, 2.75) is 32.6 Å². The first-order valence-electron chi connectivity index (χ1n) is 7.87. The van der Waals surface area contributed by atoms with E-state index in [0.717, 1.165) is 29.7 Å². The third-order valence-electron chi connectivity index (χ3n) is 4.37. The van der Waals surface area contributed by atoms with E-state index >= 15 is 0 Å². The Morgan fingerprint density at radius 2 is 1.96 bits per heavy atom. The molecule has 0 aliphatic rings. The van der Waals surface area contributed by atoms with Gasteiger partial charge in [-0.3, -0.25) is 0 Å². The first-order chi connectivity index (χ1) is 11.1. The number of benzene rings is 1. The zero-order valence-corrected chi connectivity index (χ0v) is 14.6. The minimum atomic E-state index is -0.899. The molecule has 0 amide bonds. The first-order valence-corrected chi connectivity index (χ1v) is 7.87. The molecule has 1 N–H and O–H groups in total. The molecule has 0 saturated heterocycles. The molecule has 1 aromatic carbocycles. The molecular formula is C19H21ClN2O2. The molecule has 0 aliphatic heterocycles. The Morgan fingerprint density at radius 3 is 2.58 bits per heavy atom. The highest BCUT2D eigenvalue weighted by Gasteiger charge is 2.12. The number of hydrogen-bond acceptors (Lipinski definition) is 2. The summed E-state index contributed by atoms with van der Waals surface area (Å²) >= 11 is 0. The van der Waals surface area contributed by atoms with Crippen molar-refractivity contribution < 1.29 is 9.90 Å². The molecule has 0 bridgehead atoms. The maximum Gasteiger partial charge on any atom is 0.335 e. The first kappa shape index (κ1) is 18.0. The van der Waals surface area contributed by atoms with Gasteiger partial charge in [-0.25, -0.2) is 9.78 Å². The van der Waals surface area contributed by atoms with Gasteiger partial charge < -0.3 is 9.51 Å². The minimum Gasteiger partial charge on any atom is -0.478 e. The number of carbonyl (C=O) groups is 1. The van der Waals surface area contributed by atoms with Crippen molar-refractivity contribution in [2.24, 2.45) is 0 Å². The van der Waals surface area contributed by atoms with Crippen LogP contribution in [0.4, 0.5) is 0 Å². The largest absolute Gasteiger partial charge is 0.478 e. The van der Waals surface area contributed by atoms with E-state index in [-0.39, 0.29) is 12.4 Å². The number of hydrogen-bond donors (Lipinski definition) is 1. The Morgan fingerprint density at radius 1 is 1.25 bits per heavy atom. The molecule has 0 spiro atoms. The molecule has 1 unspecified atom stereocenters. The average molecular weight is 345 g/mol. The number of carboxylic acid groups (broad SMARTS) is 1. The molecule has 2 heterocycles. The van der Waals surface area contributed by atoms with Crippen molar-refractivity contribution >= 4 is 24.0 Å². The number of fused-ring (bicyclic) bond motifs is 1. The second-order valence-corrected chi connectivity index (χ2v) is 5.89. The fraction of sp³-hybridized carbons (Fsp3) is 0.263. The van der Waals surface area contributed by atoms with Crippen LogP contribution in [0.5, 0.6) is 0 Å². The summed E-state index contributed by atoms with van der Waals surface area (Å²) in [5.74, 6) is -0.423. The Labute approximate surface area is 147 Å². The van der Waals surface area contributed by atoms with Crippen LogP contribution in [0, 0.1) is 0 Å². The number of imidazole rings is 1. The number of aromatic carboxylic acids is 1. The summed E-state index contributed by atoms with van der Waals surface area (Å²) in [6.07, 6.45) is 5.75. The van der Waals surface area contributed by atoms with Crippen LogP contribution in [0.2, 0.25) is 0 Å². The van der Waals surface area contributed by atoms with Crippen molar-refractivity contribution in [1.29, 1.82) is 0 Å². The molecule has 0 aliphatic carbocycles. The fourth-order valence-corrected chi connectivity index (χ4v) is 2.79. The fourth-order valence-electron chi connectivity index (χ4n) is 2.79. The van der Waals surface area contributed by atoms with Crippen LogP contribution >= 0.6 is 12.4 Å². The van der Waals surface area contributed by atoms with Gasteiger partial charge in [0.25, 0.3) is 0 Å². The number of aromatic nitrogens is 2. The van der Waals surface area contributed by atoms with Gasteiger partial charge in [0.1, 0.15) is 5.65 Å². The van der Waals surface area contributed by atoms with E-state index < -0.39 is 5.97 Å². The van der Waals surface area contributed by atoms with E-state index in [1.807, 2.05) is 24.5 Å². The van der Waals surface area contributed by atoms with E-state index in [1.165, 1.54) is 5.56 Å². The topological polar surface area (TPSA) is 54.6 Å². The highest BCUT2D eigenvalue weighted by molar-refractivity contribution is 5.87. The molecule has 0 radical (unpaired) electrons. The molecular weight excluding hydrogens is 324 g/mol. The normalized spacial score (nSPS) is 11.9. The van der Waals surface area contributed by atoms with Gasteiger partial charge in [-0.15, -0.1) is 12.4 Å². The highest BCUT2D eigenvalue weighted by Crippen LogP contribution is 2.24. The van der Waals surface area contributed by atoms with Crippen LogP contribution in [-0.2, 0) is 6.42 Å². The summed E-state index contributed by atoms with van der Waals surface area (Å²) in [5.41, 5.74) is 4.77. The quantitative estimate of drug-likeness (QED) is 0.738. The van der Waals surface area contributed by atoms with Gasteiger partial charge in [-0.2, -0.15) is 0 Å². The van der Waals surface area contributed by atoms with Crippen LogP contribution in [0.3, 0.4) is 0 Å². The van der Waals surface area contributed by atoms with Crippen molar-refractivity contribution in [3.05, 3.63) is 71.2 Å². The smallest absolute Gasteiger partial charge is 0.335 e. The van der Waals surface area contributed by atoms with Crippen molar-refractivity contribution in [2.75, 3.05) is 0 Å². The van der Waals surface area contributed by atoms with Gasteiger partial charge in [0.2, 0.25) is 0 Å². The number of pyridine rings is 1. The third kappa shape index (κ3) is 3.44. The van der Waals surface area contributed by atoms with Gasteiger partial charge in [0.15, 0.2) is 0 Å². The van der Waals surface area contributed by atoms with Crippen LogP contribution in [0.15, 0.2) is 48.8 Å². The number of halogens is 1. The minimum absolute atomic E-state index is 0. The average Bonchev–Trinajstić information content (AvgIpc) is 2.97. The maximum atomic E-state index is 10.9. The predicted molar refractivity (Wildman–Crippen MR) is 97.4 cm³/mol. The summed E-state index contributed by atoms with van der Waals surface area (Å²) in [4.78, 5) is 15.5. The summed E-state index contributed by atoms with van der Waals surface area (Å²) in [7, 11) is 0. The monoisotopic (exact) mass is 344 g/mol. The van der Waals surface area contributed by atoms with E-state index in [4.69, 9.17) is 5.11 Å². The summed E-state index contributed by atoms with van der Waals surface area (Å²) in [6.45, 7) is 4.40. The third-order valence-corrected chi connectivity index (χ3v) is 4.37. The molecule has 126 valence electrons. The van der Waals surface area contributed by atoms with Gasteiger partial charge in [-0.05, 0) is 41.7 Å². The van der Waals surface area contributed by atoms with Gasteiger partial charge in [0.05, 0.1) is 5.56 Å². The Hall–Kier alpha value is -2.33. The van der Waals surface area contributed by atoms with Crippen molar-refractivity contribution in [3.8, 4) is 0 Å². The second-order valence-electron chi connectivity index (χ2n) is 5.89. The molecule has 5 heteroatoms. The van der Waals surface area contributed by atoms with Gasteiger partial charge in [-0.1, -0.05) is 32.0 Å². The molecule has 0 saturated carbocycles. The lowest BCUT2D eigenvalue weighted by Crippen LogP contribution is -2.00. The molecule has 1 atom stereocenters. The zero-order chi connectivity index (χ0) is 16.4. The van der Waals surface area contributed by atoms with E-state index in [9.17, 15) is 4.79 Å². The molecule has 0 fully saturated rings. The number of nitrogens with zero attached hydrogens (tertiary/aromatic N) is 2. The molecule has 2 aromatic heterocycles. The van der Waals surface area contributed by atoms with Crippen LogP contribution in [-0.4, -0.2) is 20.5 Å². The molecule has 24 heavy (non-hydrogen) atoms. The van der Waals surface area contributed by atoms with Crippen molar-refractivity contribution in [3.63, 3.8) is 0 Å². The Bertz CT molecular complexity index is 840. The Kier molecular flexibility index (Phi) is 5.62. The van der Waals surface area contributed by atoms with Crippen LogP contribution < -0.4 is 0 Å². The lowest BCUT2D eigenvalue weighted by Gasteiger charge is -2.11. The maximum absolute atomic E-state index is 10.9. The Balaban J connectivity index is 0.00000208. The summed E-state index contributed by atoms with van der Waals surface area (Å²) in [5, 5.41) is 8.97. The summed E-state index contributed by atoms with van der Waals surface area (Å²) in [6, 6.07) is 11.2. The SMILES string of the molecule is CCC(C)c1cccn2c(Cc3ccc(C(=O)O)cc3)cnc12.Cl. The van der Waals surface area contributed by atoms with E-state index in [0.29, 0.717) is 11.5 Å². The zero-order valence-electron chi connectivity index (χ0n) is 13.8. The van der Waals surface area contributed by atoms with Gasteiger partial charge in [0, 0.05) is 24.5 Å². The highest BCUT2D eigenvalue weighted by atomic mass is 35.5. The molecule has 3 aromatic rings. The van der Waals surface area contributed by atoms with E-state index in [1.54, 1.807) is 12.1 Å². The number of rotatable bonds is 5. The lowest BCUT2D eigenvalue weighted by atomic mass is 10.00. The van der Waals surface area contributed by atoms with Crippen LogP contribution in [0.25, 0.3) is 5.65 Å². The summed E-state index contributed by atoms with van der Waals surface area (Å²) < 4.78 is 2.13. The standard InChI is InChI=1S/C19H20N2O2.ClH/c1-3-13(2)17-5-4-10-21-16(12-20-18(17)21)11-14-6-8-15(9-7-14)19(22)23;/h4-10,12-13H,3,11H2,1-2H3,(H,22,23);1H. The number of carboxylic acids is 1. The lowest BCUT2D eigenvalue weighted by molar-refractivity contribution is 0.0697. The predicted octanol–water partition coefficient (Wildman–Crippen LogP) is 4.56. The van der Waals surface area contributed by atoms with Crippen LogP contribution in [0.1, 0.15) is 53.4 Å². The molecule has 3 rings (SSSR count). The second kappa shape index (κ2) is 7.49. The van der Waals surface area contributed by atoms with Gasteiger partial charge >= 0.3 is 5.97 Å². The molecule has 4 nitrogen and oxygen atoms in total. The van der Waals surface area contributed by atoms with Crippen molar-refractivity contribution in [1.82, 2.24) is 9.38 Å².